The largest absolute Gasteiger partial charge is 0.493 e. The Morgan fingerprint density at radius 1 is 1.24 bits per heavy atom. The smallest absolute Gasteiger partial charge is 0.127 e. The zero-order valence-electron chi connectivity index (χ0n) is 12.2. The highest BCUT2D eigenvalue weighted by Crippen LogP contribution is 2.40. The fraction of sp³-hybridized carbons (Fsp3) is 0.333. The van der Waals surface area contributed by atoms with Crippen molar-refractivity contribution in [2.75, 3.05) is 6.61 Å². The Kier molecular flexibility index (Phi) is 4.28. The van der Waals surface area contributed by atoms with E-state index < -0.39 is 0 Å². The molecule has 110 valence electrons. The molecule has 0 fully saturated rings. The van der Waals surface area contributed by atoms with Crippen molar-refractivity contribution in [1.82, 2.24) is 0 Å². The minimum atomic E-state index is -0.0742. The van der Waals surface area contributed by atoms with Crippen LogP contribution in [-0.2, 0) is 12.8 Å². The molecule has 0 aromatic heterocycles. The SMILES string of the molecule is Cc1ccc(C)c(CC(Cl)c2cc(Br)cc3c2OCC3)c1. The lowest BCUT2D eigenvalue weighted by Gasteiger charge is -2.16. The highest BCUT2D eigenvalue weighted by atomic mass is 79.9. The third-order valence-corrected chi connectivity index (χ3v) is 4.87. The number of hydrogen-bond acceptors (Lipinski definition) is 1. The van der Waals surface area contributed by atoms with Crippen molar-refractivity contribution < 1.29 is 4.74 Å². The van der Waals surface area contributed by atoms with Gasteiger partial charge in [-0.1, -0.05) is 39.7 Å². The highest BCUT2D eigenvalue weighted by Gasteiger charge is 2.22. The van der Waals surface area contributed by atoms with Gasteiger partial charge in [-0.25, -0.2) is 0 Å². The summed E-state index contributed by atoms with van der Waals surface area (Å²) in [7, 11) is 0. The van der Waals surface area contributed by atoms with Crippen LogP contribution in [0, 0.1) is 13.8 Å². The zero-order chi connectivity index (χ0) is 15.0. The predicted molar refractivity (Wildman–Crippen MR) is 91.6 cm³/mol. The Morgan fingerprint density at radius 3 is 2.86 bits per heavy atom. The molecule has 3 rings (SSSR count). The van der Waals surface area contributed by atoms with Gasteiger partial charge < -0.3 is 4.74 Å². The molecule has 21 heavy (non-hydrogen) atoms. The van der Waals surface area contributed by atoms with Crippen molar-refractivity contribution in [2.45, 2.75) is 32.1 Å². The Balaban J connectivity index is 1.92. The first-order valence-electron chi connectivity index (χ1n) is 7.20. The van der Waals surface area contributed by atoms with Crippen molar-refractivity contribution in [1.29, 1.82) is 0 Å². The highest BCUT2D eigenvalue weighted by molar-refractivity contribution is 9.10. The Labute approximate surface area is 139 Å². The van der Waals surface area contributed by atoms with Crippen LogP contribution in [0.25, 0.3) is 0 Å². The second-order valence-electron chi connectivity index (χ2n) is 5.68. The summed E-state index contributed by atoms with van der Waals surface area (Å²) in [5, 5.41) is -0.0742. The second kappa shape index (κ2) is 6.02. The van der Waals surface area contributed by atoms with E-state index in [1.54, 1.807) is 0 Å². The fourth-order valence-corrected chi connectivity index (χ4v) is 3.71. The molecule has 1 heterocycles. The Morgan fingerprint density at radius 2 is 2.05 bits per heavy atom. The first-order chi connectivity index (χ1) is 10.0. The average molecular weight is 366 g/mol. The molecule has 0 N–H and O–H groups in total. The van der Waals surface area contributed by atoms with Crippen LogP contribution < -0.4 is 4.74 Å². The summed E-state index contributed by atoms with van der Waals surface area (Å²) in [5.74, 6) is 0.989. The van der Waals surface area contributed by atoms with Gasteiger partial charge in [0.05, 0.1) is 12.0 Å². The Hall–Kier alpha value is -0.990. The van der Waals surface area contributed by atoms with E-state index in [2.05, 4.69) is 60.1 Å². The van der Waals surface area contributed by atoms with Crippen molar-refractivity contribution in [3.63, 3.8) is 0 Å². The first-order valence-corrected chi connectivity index (χ1v) is 8.43. The van der Waals surface area contributed by atoms with Gasteiger partial charge in [0.15, 0.2) is 0 Å². The molecule has 1 nitrogen and oxygen atoms in total. The quantitative estimate of drug-likeness (QED) is 0.650. The van der Waals surface area contributed by atoms with E-state index in [-0.39, 0.29) is 5.38 Å². The summed E-state index contributed by atoms with van der Waals surface area (Å²) in [6.45, 7) is 5.01. The summed E-state index contributed by atoms with van der Waals surface area (Å²) < 4.78 is 6.87. The normalized spacial score (nSPS) is 14.7. The maximum absolute atomic E-state index is 6.72. The van der Waals surface area contributed by atoms with E-state index in [0.29, 0.717) is 0 Å². The summed E-state index contributed by atoms with van der Waals surface area (Å²) >= 11 is 10.3. The van der Waals surface area contributed by atoms with Crippen LogP contribution in [0.2, 0.25) is 0 Å². The molecular weight excluding hydrogens is 348 g/mol. The van der Waals surface area contributed by atoms with Gasteiger partial charge in [-0.15, -0.1) is 11.6 Å². The predicted octanol–water partition coefficient (Wildman–Crippen LogP) is 5.52. The van der Waals surface area contributed by atoms with E-state index in [1.807, 2.05) is 0 Å². The number of halogens is 2. The Bertz CT molecular complexity index is 681. The summed E-state index contributed by atoms with van der Waals surface area (Å²) in [6.07, 6.45) is 1.79. The number of fused-ring (bicyclic) bond motifs is 1. The van der Waals surface area contributed by atoms with Gasteiger partial charge in [-0.05, 0) is 49.1 Å². The lowest BCUT2D eigenvalue weighted by molar-refractivity contribution is 0.353. The topological polar surface area (TPSA) is 9.23 Å². The molecule has 0 spiro atoms. The molecule has 0 saturated carbocycles. The van der Waals surface area contributed by atoms with Crippen LogP contribution in [0.1, 0.15) is 33.2 Å². The summed E-state index contributed by atoms with van der Waals surface area (Å²) in [4.78, 5) is 0. The van der Waals surface area contributed by atoms with E-state index >= 15 is 0 Å². The molecule has 0 radical (unpaired) electrons. The van der Waals surface area contributed by atoms with Gasteiger partial charge in [0.2, 0.25) is 0 Å². The molecule has 1 aliphatic heterocycles. The summed E-state index contributed by atoms with van der Waals surface area (Å²) in [5.41, 5.74) is 6.22. The molecule has 1 unspecified atom stereocenters. The van der Waals surface area contributed by atoms with Gasteiger partial charge in [-0.2, -0.15) is 0 Å². The lowest BCUT2D eigenvalue weighted by atomic mass is 9.97. The van der Waals surface area contributed by atoms with Crippen LogP contribution in [0.15, 0.2) is 34.8 Å². The van der Waals surface area contributed by atoms with Crippen LogP contribution in [0.4, 0.5) is 0 Å². The monoisotopic (exact) mass is 364 g/mol. The average Bonchev–Trinajstić information content (AvgIpc) is 2.89. The molecule has 0 amide bonds. The minimum absolute atomic E-state index is 0.0742. The van der Waals surface area contributed by atoms with E-state index in [0.717, 1.165) is 35.2 Å². The summed E-state index contributed by atoms with van der Waals surface area (Å²) in [6, 6.07) is 10.8. The zero-order valence-corrected chi connectivity index (χ0v) is 14.6. The van der Waals surface area contributed by atoms with Crippen molar-refractivity contribution in [3.05, 3.63) is 62.6 Å². The number of benzene rings is 2. The molecular formula is C18H18BrClO. The van der Waals surface area contributed by atoms with Gasteiger partial charge in [0.25, 0.3) is 0 Å². The number of ether oxygens (including phenoxy) is 1. The number of alkyl halides is 1. The molecule has 2 aromatic rings. The molecule has 1 atom stereocenters. The van der Waals surface area contributed by atoms with Crippen LogP contribution >= 0.6 is 27.5 Å². The minimum Gasteiger partial charge on any atom is -0.493 e. The molecule has 0 saturated heterocycles. The van der Waals surface area contributed by atoms with Crippen LogP contribution in [-0.4, -0.2) is 6.61 Å². The van der Waals surface area contributed by atoms with Crippen molar-refractivity contribution >= 4 is 27.5 Å². The molecule has 0 bridgehead atoms. The van der Waals surface area contributed by atoms with Crippen molar-refractivity contribution in [3.8, 4) is 5.75 Å². The third-order valence-electron chi connectivity index (χ3n) is 4.02. The maximum Gasteiger partial charge on any atom is 0.127 e. The van der Waals surface area contributed by atoms with Gasteiger partial charge in [-0.3, -0.25) is 0 Å². The van der Waals surface area contributed by atoms with Gasteiger partial charge >= 0.3 is 0 Å². The number of hydrogen-bond donors (Lipinski definition) is 0. The molecule has 0 aliphatic carbocycles. The second-order valence-corrected chi connectivity index (χ2v) is 7.13. The molecule has 2 aromatic carbocycles. The van der Waals surface area contributed by atoms with E-state index in [9.17, 15) is 0 Å². The van der Waals surface area contributed by atoms with Crippen molar-refractivity contribution in [2.24, 2.45) is 0 Å². The van der Waals surface area contributed by atoms with E-state index in [4.69, 9.17) is 16.3 Å². The molecule has 1 aliphatic rings. The van der Waals surface area contributed by atoms with Crippen LogP contribution in [0.3, 0.4) is 0 Å². The first kappa shape index (κ1) is 14.9. The number of aryl methyl sites for hydroxylation is 2. The molecule has 3 heteroatoms. The fourth-order valence-electron chi connectivity index (χ4n) is 2.85. The van der Waals surface area contributed by atoms with Gasteiger partial charge in [0, 0.05) is 16.5 Å². The number of rotatable bonds is 3. The van der Waals surface area contributed by atoms with Gasteiger partial charge in [0.1, 0.15) is 5.75 Å². The van der Waals surface area contributed by atoms with E-state index in [1.165, 1.54) is 22.3 Å². The lowest BCUT2D eigenvalue weighted by Crippen LogP contribution is -2.01. The maximum atomic E-state index is 6.72. The third kappa shape index (κ3) is 3.12. The van der Waals surface area contributed by atoms with Crippen LogP contribution in [0.5, 0.6) is 5.75 Å². The standard InChI is InChI=1S/C18H18BrClO/c1-11-3-4-12(2)14(7-11)9-17(20)16-10-15(19)8-13-5-6-21-18(13)16/h3-4,7-8,10,17H,5-6,9H2,1-2H3.